The molecule has 0 saturated carbocycles. The lowest BCUT2D eigenvalue weighted by Crippen LogP contribution is -2.00. The predicted octanol–water partition coefficient (Wildman–Crippen LogP) is 4.84. The van der Waals surface area contributed by atoms with Crippen LogP contribution in [0.3, 0.4) is 0 Å². The molecule has 0 saturated heterocycles. The number of hydrogen-bond acceptors (Lipinski definition) is 3. The van der Waals surface area contributed by atoms with Crippen LogP contribution in [0.1, 0.15) is 5.56 Å². The Labute approximate surface area is 131 Å². The molecule has 0 heterocycles. The molecular formula is C13H8Br2FNO3. The van der Waals surface area contributed by atoms with E-state index in [9.17, 15) is 14.5 Å². The van der Waals surface area contributed by atoms with Gasteiger partial charge < -0.3 is 4.74 Å². The van der Waals surface area contributed by atoms with Gasteiger partial charge in [-0.05, 0) is 46.3 Å². The van der Waals surface area contributed by atoms with Crippen molar-refractivity contribution in [3.05, 3.63) is 66.8 Å². The van der Waals surface area contributed by atoms with Crippen molar-refractivity contribution in [3.63, 3.8) is 0 Å². The van der Waals surface area contributed by atoms with Crippen molar-refractivity contribution in [1.29, 1.82) is 0 Å². The molecule has 0 aliphatic heterocycles. The molecule has 0 atom stereocenters. The van der Waals surface area contributed by atoms with Crippen molar-refractivity contribution in [2.24, 2.45) is 0 Å². The number of benzene rings is 2. The summed E-state index contributed by atoms with van der Waals surface area (Å²) < 4.78 is 19.4. The van der Waals surface area contributed by atoms with Gasteiger partial charge in [-0.25, -0.2) is 4.39 Å². The SMILES string of the molecule is O=[N+]([O-])c1cc(Br)ccc1COc1ccc(F)c(Br)c1. The van der Waals surface area contributed by atoms with Crippen LogP contribution in [0.5, 0.6) is 5.75 Å². The molecule has 2 aromatic carbocycles. The van der Waals surface area contributed by atoms with E-state index in [1.807, 2.05) is 0 Å². The van der Waals surface area contributed by atoms with Crippen molar-refractivity contribution >= 4 is 37.5 Å². The predicted molar refractivity (Wildman–Crippen MR) is 79.2 cm³/mol. The minimum absolute atomic E-state index is 0.0273. The maximum absolute atomic E-state index is 13.1. The van der Waals surface area contributed by atoms with Crippen LogP contribution in [0.4, 0.5) is 10.1 Å². The topological polar surface area (TPSA) is 52.4 Å². The maximum atomic E-state index is 13.1. The maximum Gasteiger partial charge on any atom is 0.277 e. The Kier molecular flexibility index (Phi) is 4.72. The van der Waals surface area contributed by atoms with Crippen LogP contribution in [-0.4, -0.2) is 4.92 Å². The largest absolute Gasteiger partial charge is 0.489 e. The van der Waals surface area contributed by atoms with E-state index in [0.29, 0.717) is 15.8 Å². The van der Waals surface area contributed by atoms with Crippen molar-refractivity contribution in [1.82, 2.24) is 0 Å². The molecule has 2 aromatic rings. The van der Waals surface area contributed by atoms with Crippen LogP contribution >= 0.6 is 31.9 Å². The summed E-state index contributed by atoms with van der Waals surface area (Å²) >= 11 is 6.24. The molecule has 20 heavy (non-hydrogen) atoms. The Morgan fingerprint density at radius 3 is 2.60 bits per heavy atom. The van der Waals surface area contributed by atoms with E-state index in [0.717, 1.165) is 0 Å². The summed E-state index contributed by atoms with van der Waals surface area (Å²) in [7, 11) is 0. The minimum Gasteiger partial charge on any atom is -0.489 e. The van der Waals surface area contributed by atoms with Gasteiger partial charge in [-0.1, -0.05) is 15.9 Å². The monoisotopic (exact) mass is 403 g/mol. The third kappa shape index (κ3) is 3.55. The fourth-order valence-corrected chi connectivity index (χ4v) is 2.26. The molecule has 0 amide bonds. The van der Waals surface area contributed by atoms with E-state index in [1.54, 1.807) is 12.1 Å². The normalized spacial score (nSPS) is 10.3. The zero-order valence-corrected chi connectivity index (χ0v) is 13.1. The van der Waals surface area contributed by atoms with E-state index in [4.69, 9.17) is 4.74 Å². The van der Waals surface area contributed by atoms with E-state index >= 15 is 0 Å². The van der Waals surface area contributed by atoms with Crippen molar-refractivity contribution in [2.75, 3.05) is 0 Å². The fourth-order valence-electron chi connectivity index (χ4n) is 1.56. The van der Waals surface area contributed by atoms with Gasteiger partial charge in [0, 0.05) is 10.5 Å². The van der Waals surface area contributed by atoms with Crippen LogP contribution in [0.15, 0.2) is 45.3 Å². The molecule has 0 aliphatic carbocycles. The Morgan fingerprint density at radius 2 is 1.95 bits per heavy atom. The zero-order valence-electron chi connectivity index (χ0n) is 9.98. The molecule has 104 valence electrons. The molecular weight excluding hydrogens is 397 g/mol. The number of ether oxygens (including phenoxy) is 1. The highest BCUT2D eigenvalue weighted by atomic mass is 79.9. The molecule has 0 aliphatic rings. The summed E-state index contributed by atoms with van der Waals surface area (Å²) in [6.45, 7) is 0.0294. The van der Waals surface area contributed by atoms with Gasteiger partial charge in [0.25, 0.3) is 5.69 Å². The molecule has 0 unspecified atom stereocenters. The Morgan fingerprint density at radius 1 is 1.20 bits per heavy atom. The van der Waals surface area contributed by atoms with Gasteiger partial charge in [-0.3, -0.25) is 10.1 Å². The van der Waals surface area contributed by atoms with Crippen molar-refractivity contribution in [2.45, 2.75) is 6.61 Å². The summed E-state index contributed by atoms with van der Waals surface area (Å²) in [6.07, 6.45) is 0. The third-order valence-electron chi connectivity index (χ3n) is 2.53. The van der Waals surface area contributed by atoms with Crippen LogP contribution in [0.2, 0.25) is 0 Å². The van der Waals surface area contributed by atoms with Crippen LogP contribution < -0.4 is 4.74 Å². The van der Waals surface area contributed by atoms with E-state index in [2.05, 4.69) is 31.9 Å². The Bertz CT molecular complexity index is 664. The summed E-state index contributed by atoms with van der Waals surface area (Å²) in [6, 6.07) is 8.92. The first-order chi connectivity index (χ1) is 9.47. The first kappa shape index (κ1) is 14.9. The highest BCUT2D eigenvalue weighted by Gasteiger charge is 2.14. The average molecular weight is 405 g/mol. The highest BCUT2D eigenvalue weighted by Crippen LogP contribution is 2.26. The van der Waals surface area contributed by atoms with Crippen LogP contribution in [-0.2, 0) is 6.61 Å². The fraction of sp³-hybridized carbons (Fsp3) is 0.0769. The number of hydrogen-bond donors (Lipinski definition) is 0. The molecule has 0 fully saturated rings. The molecule has 7 heteroatoms. The standard InChI is InChI=1S/C13H8Br2FNO3/c14-9-2-1-8(13(5-9)17(18)19)7-20-10-3-4-12(16)11(15)6-10/h1-6H,7H2. The molecule has 4 nitrogen and oxygen atoms in total. The molecule has 2 rings (SSSR count). The van der Waals surface area contributed by atoms with Gasteiger partial charge in [-0.15, -0.1) is 0 Å². The molecule has 0 bridgehead atoms. The molecule has 0 spiro atoms. The number of halogens is 3. The van der Waals surface area contributed by atoms with E-state index in [1.165, 1.54) is 24.3 Å². The van der Waals surface area contributed by atoms with E-state index < -0.39 is 10.7 Å². The molecule has 0 aromatic heterocycles. The summed E-state index contributed by atoms with van der Waals surface area (Å²) in [5.41, 5.74) is 0.416. The van der Waals surface area contributed by atoms with E-state index in [-0.39, 0.29) is 16.8 Å². The zero-order chi connectivity index (χ0) is 14.7. The summed E-state index contributed by atoms with van der Waals surface area (Å²) in [4.78, 5) is 10.5. The lowest BCUT2D eigenvalue weighted by molar-refractivity contribution is -0.385. The lowest BCUT2D eigenvalue weighted by Gasteiger charge is -2.08. The second-order valence-electron chi connectivity index (χ2n) is 3.89. The number of nitro benzene ring substituents is 1. The quantitative estimate of drug-likeness (QED) is 0.541. The van der Waals surface area contributed by atoms with Crippen molar-refractivity contribution < 1.29 is 14.1 Å². The smallest absolute Gasteiger partial charge is 0.277 e. The van der Waals surface area contributed by atoms with Gasteiger partial charge in [0.05, 0.1) is 15.0 Å². The van der Waals surface area contributed by atoms with Gasteiger partial charge in [0.15, 0.2) is 0 Å². The molecule has 0 N–H and O–H groups in total. The Balaban J connectivity index is 2.18. The van der Waals surface area contributed by atoms with Gasteiger partial charge in [0.1, 0.15) is 18.2 Å². The second-order valence-corrected chi connectivity index (χ2v) is 5.66. The minimum atomic E-state index is -0.468. The lowest BCUT2D eigenvalue weighted by atomic mass is 10.2. The summed E-state index contributed by atoms with van der Waals surface area (Å²) in [5.74, 6) is 0.0301. The molecule has 0 radical (unpaired) electrons. The first-order valence-electron chi connectivity index (χ1n) is 5.48. The number of rotatable bonds is 4. The number of nitro groups is 1. The summed E-state index contributed by atoms with van der Waals surface area (Å²) in [5, 5.41) is 11.0. The first-order valence-corrected chi connectivity index (χ1v) is 7.06. The number of nitrogens with zero attached hydrogens (tertiary/aromatic N) is 1. The Hall–Kier alpha value is -1.47. The van der Waals surface area contributed by atoms with Crippen molar-refractivity contribution in [3.8, 4) is 5.75 Å². The van der Waals surface area contributed by atoms with Gasteiger partial charge in [0.2, 0.25) is 0 Å². The van der Waals surface area contributed by atoms with Gasteiger partial charge in [-0.2, -0.15) is 0 Å². The van der Waals surface area contributed by atoms with Gasteiger partial charge >= 0.3 is 0 Å². The van der Waals surface area contributed by atoms with Crippen LogP contribution in [0.25, 0.3) is 0 Å². The third-order valence-corrected chi connectivity index (χ3v) is 3.63. The highest BCUT2D eigenvalue weighted by molar-refractivity contribution is 9.10. The average Bonchev–Trinajstić information content (AvgIpc) is 2.41. The second kappa shape index (κ2) is 6.32. The van der Waals surface area contributed by atoms with Crippen LogP contribution in [0, 0.1) is 15.9 Å².